The number of hydrogen-bond donors (Lipinski definition) is 0. The van der Waals surface area contributed by atoms with Gasteiger partial charge in [0.15, 0.2) is 0 Å². The Balaban J connectivity index is 2.07. The summed E-state index contributed by atoms with van der Waals surface area (Å²) < 4.78 is 8.53. The van der Waals surface area contributed by atoms with E-state index in [4.69, 9.17) is 9.40 Å². The maximum Gasteiger partial charge on any atom is 0.139 e. The second-order valence-corrected chi connectivity index (χ2v) is 6.84. The molecule has 0 unspecified atom stereocenters. The zero-order valence-electron chi connectivity index (χ0n) is 13.7. The van der Waals surface area contributed by atoms with Gasteiger partial charge in [0.05, 0.1) is 32.8 Å². The molecule has 4 aromatic heterocycles. The number of pyridine rings is 1. The third kappa shape index (κ3) is 1.28. The van der Waals surface area contributed by atoms with Crippen LogP contribution in [0.5, 0.6) is 0 Å². The van der Waals surface area contributed by atoms with Crippen LogP contribution in [0.3, 0.4) is 0 Å². The zero-order valence-corrected chi connectivity index (χ0v) is 13.7. The van der Waals surface area contributed by atoms with Gasteiger partial charge in [0.25, 0.3) is 0 Å². The van der Waals surface area contributed by atoms with Crippen molar-refractivity contribution >= 4 is 60.2 Å². The van der Waals surface area contributed by atoms with Crippen LogP contribution in [0.25, 0.3) is 60.2 Å². The monoisotopic (exact) mass is 332 g/mol. The molecule has 0 N–H and O–H groups in total. The summed E-state index contributed by atoms with van der Waals surface area (Å²) in [6.07, 6.45) is 1.84. The Bertz CT molecular complexity index is 1630. The summed E-state index contributed by atoms with van der Waals surface area (Å²) in [4.78, 5) is 4.77. The molecule has 3 heteroatoms. The summed E-state index contributed by atoms with van der Waals surface area (Å²) in [6.45, 7) is 0. The van der Waals surface area contributed by atoms with Gasteiger partial charge < -0.3 is 8.82 Å². The first-order valence-electron chi connectivity index (χ1n) is 8.75. The Morgan fingerprint density at radius 2 is 1.42 bits per heavy atom. The molecule has 0 atom stereocenters. The molecular weight excluding hydrogens is 320 g/mol. The molecule has 0 fully saturated rings. The molecule has 0 aliphatic carbocycles. The van der Waals surface area contributed by atoms with E-state index in [9.17, 15) is 0 Å². The highest BCUT2D eigenvalue weighted by atomic mass is 16.3. The van der Waals surface area contributed by atoms with Crippen LogP contribution in [0, 0.1) is 0 Å². The number of rotatable bonds is 0. The number of para-hydroxylation sites is 2. The van der Waals surface area contributed by atoms with Crippen molar-refractivity contribution in [2.75, 3.05) is 0 Å². The average molecular weight is 332 g/mol. The van der Waals surface area contributed by atoms with Crippen molar-refractivity contribution < 1.29 is 4.42 Å². The smallest absolute Gasteiger partial charge is 0.139 e. The number of furan rings is 1. The van der Waals surface area contributed by atoms with Gasteiger partial charge in [-0.25, -0.2) is 0 Å². The average Bonchev–Trinajstić information content (AvgIpc) is 3.19. The normalized spacial score (nSPS) is 12.6. The van der Waals surface area contributed by atoms with Gasteiger partial charge in [-0.1, -0.05) is 42.5 Å². The van der Waals surface area contributed by atoms with E-state index in [2.05, 4.69) is 59.0 Å². The molecule has 0 saturated carbocycles. The largest absolute Gasteiger partial charge is 0.456 e. The Morgan fingerprint density at radius 1 is 0.654 bits per heavy atom. The number of aromatic nitrogens is 2. The van der Waals surface area contributed by atoms with Crippen LogP contribution >= 0.6 is 0 Å². The fraction of sp³-hybridized carbons (Fsp3) is 0. The predicted octanol–water partition coefficient (Wildman–Crippen LogP) is 6.13. The molecule has 3 aromatic carbocycles. The topological polar surface area (TPSA) is 30.4 Å². The fourth-order valence-electron chi connectivity index (χ4n) is 4.60. The highest BCUT2D eigenvalue weighted by Crippen LogP contribution is 2.41. The standard InChI is InChI=1S/C23H12N2O/c1-2-8-16-13(5-1)14-6-3-7-15-22-21-19(11-12-24-22)26-18-10-4-9-17(20(18)21)25(16)23(14)15/h1-12H. The van der Waals surface area contributed by atoms with Crippen molar-refractivity contribution in [2.24, 2.45) is 0 Å². The summed E-state index contributed by atoms with van der Waals surface area (Å²) in [7, 11) is 0. The maximum atomic E-state index is 6.16. The molecule has 7 rings (SSSR count). The van der Waals surface area contributed by atoms with E-state index in [1.807, 2.05) is 18.3 Å². The molecule has 0 aliphatic heterocycles. The van der Waals surface area contributed by atoms with Gasteiger partial charge in [0, 0.05) is 22.4 Å². The minimum Gasteiger partial charge on any atom is -0.456 e. The van der Waals surface area contributed by atoms with Crippen LogP contribution in [0.4, 0.5) is 0 Å². The predicted molar refractivity (Wildman–Crippen MR) is 106 cm³/mol. The van der Waals surface area contributed by atoms with Crippen molar-refractivity contribution in [3.8, 4) is 0 Å². The van der Waals surface area contributed by atoms with Gasteiger partial charge in [-0.05, 0) is 24.3 Å². The van der Waals surface area contributed by atoms with E-state index in [1.54, 1.807) is 0 Å². The molecular formula is C23H12N2O. The molecule has 4 heterocycles. The van der Waals surface area contributed by atoms with E-state index in [0.717, 1.165) is 38.4 Å². The molecule has 0 aliphatic rings. The van der Waals surface area contributed by atoms with Crippen LogP contribution in [0.2, 0.25) is 0 Å². The van der Waals surface area contributed by atoms with Gasteiger partial charge in [-0.3, -0.25) is 4.98 Å². The lowest BCUT2D eigenvalue weighted by molar-refractivity contribution is 0.669. The van der Waals surface area contributed by atoms with E-state index >= 15 is 0 Å². The molecule has 120 valence electrons. The lowest BCUT2D eigenvalue weighted by Crippen LogP contribution is -1.84. The summed E-state index contributed by atoms with van der Waals surface area (Å²) in [6, 6.07) is 23.4. The van der Waals surface area contributed by atoms with Crippen molar-refractivity contribution in [1.29, 1.82) is 0 Å². The highest BCUT2D eigenvalue weighted by molar-refractivity contribution is 6.28. The maximum absolute atomic E-state index is 6.16. The number of hydrogen-bond acceptors (Lipinski definition) is 2. The first-order chi connectivity index (χ1) is 12.9. The van der Waals surface area contributed by atoms with Crippen LogP contribution in [-0.4, -0.2) is 9.38 Å². The molecule has 26 heavy (non-hydrogen) atoms. The molecule has 7 aromatic rings. The minimum atomic E-state index is 0.893. The van der Waals surface area contributed by atoms with E-state index < -0.39 is 0 Å². The van der Waals surface area contributed by atoms with Crippen molar-refractivity contribution in [2.45, 2.75) is 0 Å². The van der Waals surface area contributed by atoms with Crippen LogP contribution in [0.15, 0.2) is 77.3 Å². The van der Waals surface area contributed by atoms with Gasteiger partial charge in [0.2, 0.25) is 0 Å². The number of nitrogens with zero attached hydrogens (tertiary/aromatic N) is 2. The Hall–Kier alpha value is -3.59. The van der Waals surface area contributed by atoms with Gasteiger partial charge in [-0.15, -0.1) is 0 Å². The second kappa shape index (κ2) is 4.14. The molecule has 0 bridgehead atoms. The molecule has 0 saturated heterocycles. The lowest BCUT2D eigenvalue weighted by atomic mass is 10.1. The van der Waals surface area contributed by atoms with E-state index in [-0.39, 0.29) is 0 Å². The Kier molecular flexibility index (Phi) is 2.03. The van der Waals surface area contributed by atoms with E-state index in [0.29, 0.717) is 0 Å². The summed E-state index contributed by atoms with van der Waals surface area (Å²) >= 11 is 0. The Morgan fingerprint density at radius 3 is 2.42 bits per heavy atom. The third-order valence-corrected chi connectivity index (χ3v) is 5.58. The van der Waals surface area contributed by atoms with Crippen LogP contribution < -0.4 is 0 Å². The zero-order chi connectivity index (χ0) is 16.8. The summed E-state index contributed by atoms with van der Waals surface area (Å²) in [5.41, 5.74) is 6.39. The molecule has 0 amide bonds. The summed E-state index contributed by atoms with van der Waals surface area (Å²) in [5.74, 6) is 0. The first kappa shape index (κ1) is 12.7. The lowest BCUT2D eigenvalue weighted by Gasteiger charge is -2.00. The van der Waals surface area contributed by atoms with Crippen molar-refractivity contribution in [3.63, 3.8) is 0 Å². The number of fused-ring (bicyclic) bond motifs is 5. The van der Waals surface area contributed by atoms with E-state index in [1.165, 1.54) is 21.8 Å². The van der Waals surface area contributed by atoms with Gasteiger partial charge >= 0.3 is 0 Å². The molecule has 0 spiro atoms. The Labute approximate surface area is 147 Å². The molecule has 3 nitrogen and oxygen atoms in total. The SMILES string of the molecule is c1ccc2c(c1)c1cccc3c4nccc5oc6cccc(c6c54)n2c13. The quantitative estimate of drug-likeness (QED) is 0.334. The highest BCUT2D eigenvalue weighted by Gasteiger charge is 2.19. The number of benzene rings is 3. The van der Waals surface area contributed by atoms with Crippen LogP contribution in [0.1, 0.15) is 0 Å². The van der Waals surface area contributed by atoms with Gasteiger partial charge in [0.1, 0.15) is 11.2 Å². The van der Waals surface area contributed by atoms with Crippen molar-refractivity contribution in [3.05, 3.63) is 72.9 Å². The fourth-order valence-corrected chi connectivity index (χ4v) is 4.60. The minimum absolute atomic E-state index is 0.893. The van der Waals surface area contributed by atoms with Gasteiger partial charge in [-0.2, -0.15) is 0 Å². The molecule has 0 radical (unpaired) electrons. The van der Waals surface area contributed by atoms with Crippen molar-refractivity contribution in [1.82, 2.24) is 9.38 Å². The first-order valence-corrected chi connectivity index (χ1v) is 8.75. The third-order valence-electron chi connectivity index (χ3n) is 5.58. The summed E-state index contributed by atoms with van der Waals surface area (Å²) in [5, 5.41) is 5.93. The second-order valence-electron chi connectivity index (χ2n) is 6.84. The van der Waals surface area contributed by atoms with Crippen LogP contribution in [-0.2, 0) is 0 Å².